The lowest BCUT2D eigenvalue weighted by Gasteiger charge is -2.15. The van der Waals surface area contributed by atoms with Crippen LogP contribution in [0.5, 0.6) is 0 Å². The highest BCUT2D eigenvalue weighted by molar-refractivity contribution is 5.78. The van der Waals surface area contributed by atoms with E-state index in [4.69, 9.17) is 0 Å². The third-order valence-electron chi connectivity index (χ3n) is 2.20. The SMILES string of the molecule is CCC(NC(=O)CNCC(F)(F)F)c1ncc[nH]1. The van der Waals surface area contributed by atoms with Crippen LogP contribution >= 0.6 is 0 Å². The molecule has 1 atom stereocenters. The van der Waals surface area contributed by atoms with Crippen LogP contribution in [0.1, 0.15) is 25.2 Å². The number of halogens is 3. The fraction of sp³-hybridized carbons (Fsp3) is 0.600. The number of alkyl halides is 3. The van der Waals surface area contributed by atoms with E-state index in [9.17, 15) is 18.0 Å². The number of nitrogens with zero attached hydrogens (tertiary/aromatic N) is 1. The van der Waals surface area contributed by atoms with Gasteiger partial charge in [-0.25, -0.2) is 4.98 Å². The zero-order valence-corrected chi connectivity index (χ0v) is 9.84. The average molecular weight is 264 g/mol. The van der Waals surface area contributed by atoms with Gasteiger partial charge < -0.3 is 15.6 Å². The number of carbonyl (C=O) groups excluding carboxylic acids is 1. The predicted octanol–water partition coefficient (Wildman–Crippen LogP) is 1.13. The van der Waals surface area contributed by atoms with Gasteiger partial charge in [-0.15, -0.1) is 0 Å². The maximum absolute atomic E-state index is 11.8. The Morgan fingerprint density at radius 3 is 2.78 bits per heavy atom. The van der Waals surface area contributed by atoms with Crippen LogP contribution in [-0.2, 0) is 4.79 Å². The number of rotatable bonds is 6. The molecule has 1 amide bonds. The molecule has 1 unspecified atom stereocenters. The van der Waals surface area contributed by atoms with Gasteiger partial charge in [-0.05, 0) is 6.42 Å². The van der Waals surface area contributed by atoms with Crippen molar-refractivity contribution in [2.75, 3.05) is 13.1 Å². The quantitative estimate of drug-likeness (QED) is 0.721. The topological polar surface area (TPSA) is 69.8 Å². The second-order valence-corrected chi connectivity index (χ2v) is 3.72. The van der Waals surface area contributed by atoms with Crippen molar-refractivity contribution in [3.8, 4) is 0 Å². The minimum atomic E-state index is -4.31. The number of aromatic amines is 1. The predicted molar refractivity (Wildman–Crippen MR) is 58.7 cm³/mol. The van der Waals surface area contributed by atoms with Crippen molar-refractivity contribution in [2.24, 2.45) is 0 Å². The molecule has 0 fully saturated rings. The van der Waals surface area contributed by atoms with Crippen LogP contribution in [0.4, 0.5) is 13.2 Å². The normalized spacial score (nSPS) is 13.3. The van der Waals surface area contributed by atoms with Gasteiger partial charge in [0.1, 0.15) is 5.82 Å². The second-order valence-electron chi connectivity index (χ2n) is 3.72. The molecule has 1 aromatic rings. The van der Waals surface area contributed by atoms with Gasteiger partial charge in [0.05, 0.1) is 19.1 Å². The van der Waals surface area contributed by atoms with Gasteiger partial charge in [0, 0.05) is 12.4 Å². The summed E-state index contributed by atoms with van der Waals surface area (Å²) in [6.45, 7) is 0.283. The van der Waals surface area contributed by atoms with Crippen molar-refractivity contribution < 1.29 is 18.0 Å². The van der Waals surface area contributed by atoms with Crippen molar-refractivity contribution in [1.29, 1.82) is 0 Å². The number of hydrogen-bond donors (Lipinski definition) is 3. The number of imidazole rings is 1. The van der Waals surface area contributed by atoms with Crippen LogP contribution in [-0.4, -0.2) is 35.1 Å². The zero-order chi connectivity index (χ0) is 13.6. The molecule has 102 valence electrons. The second kappa shape index (κ2) is 6.39. The smallest absolute Gasteiger partial charge is 0.347 e. The Balaban J connectivity index is 2.35. The van der Waals surface area contributed by atoms with Crippen molar-refractivity contribution in [1.82, 2.24) is 20.6 Å². The Morgan fingerprint density at radius 2 is 2.28 bits per heavy atom. The first-order valence-corrected chi connectivity index (χ1v) is 5.48. The summed E-state index contributed by atoms with van der Waals surface area (Å²) < 4.78 is 35.5. The fourth-order valence-electron chi connectivity index (χ4n) is 1.39. The summed E-state index contributed by atoms with van der Waals surface area (Å²) in [6.07, 6.45) is -0.553. The van der Waals surface area contributed by atoms with E-state index >= 15 is 0 Å². The van der Waals surface area contributed by atoms with Crippen LogP contribution in [0.3, 0.4) is 0 Å². The molecule has 0 aromatic carbocycles. The van der Waals surface area contributed by atoms with Crippen molar-refractivity contribution in [2.45, 2.75) is 25.6 Å². The lowest BCUT2D eigenvalue weighted by Crippen LogP contribution is -2.39. The van der Waals surface area contributed by atoms with Crippen LogP contribution in [0.2, 0.25) is 0 Å². The molecule has 0 aliphatic carbocycles. The van der Waals surface area contributed by atoms with Gasteiger partial charge in [0.2, 0.25) is 5.91 Å². The Hall–Kier alpha value is -1.57. The Labute approximate surface area is 102 Å². The summed E-state index contributed by atoms with van der Waals surface area (Å²) in [5.74, 6) is 0.0872. The molecule has 1 rings (SSSR count). The lowest BCUT2D eigenvalue weighted by molar-refractivity contribution is -0.128. The van der Waals surface area contributed by atoms with E-state index in [-0.39, 0.29) is 12.6 Å². The molecule has 1 aromatic heterocycles. The standard InChI is InChI=1S/C10H15F3N4O/c1-2-7(9-15-3-4-16-9)17-8(18)5-14-6-10(11,12)13/h3-4,7,14H,2,5-6H2,1H3,(H,15,16)(H,17,18). The summed E-state index contributed by atoms with van der Waals surface area (Å²) in [5, 5.41) is 4.63. The van der Waals surface area contributed by atoms with E-state index in [1.54, 1.807) is 12.4 Å². The molecule has 3 N–H and O–H groups in total. The molecule has 0 aliphatic rings. The third-order valence-corrected chi connectivity index (χ3v) is 2.20. The molecule has 0 bridgehead atoms. The van der Waals surface area contributed by atoms with E-state index < -0.39 is 18.6 Å². The van der Waals surface area contributed by atoms with Crippen LogP contribution in [0.25, 0.3) is 0 Å². The van der Waals surface area contributed by atoms with Gasteiger partial charge in [0.15, 0.2) is 0 Å². The molecule has 18 heavy (non-hydrogen) atoms. The van der Waals surface area contributed by atoms with Gasteiger partial charge in [-0.1, -0.05) is 6.92 Å². The van der Waals surface area contributed by atoms with Gasteiger partial charge >= 0.3 is 6.18 Å². The summed E-state index contributed by atoms with van der Waals surface area (Å²) in [7, 11) is 0. The molecule has 5 nitrogen and oxygen atoms in total. The van der Waals surface area contributed by atoms with E-state index in [0.29, 0.717) is 12.2 Å². The van der Waals surface area contributed by atoms with Crippen LogP contribution in [0.15, 0.2) is 12.4 Å². The highest BCUT2D eigenvalue weighted by Crippen LogP contribution is 2.12. The van der Waals surface area contributed by atoms with Crippen molar-refractivity contribution >= 4 is 5.91 Å². The van der Waals surface area contributed by atoms with Gasteiger partial charge in [0.25, 0.3) is 0 Å². The van der Waals surface area contributed by atoms with Gasteiger partial charge in [-0.3, -0.25) is 4.79 Å². The Kier molecular flexibility index (Phi) is 5.14. The highest BCUT2D eigenvalue weighted by Gasteiger charge is 2.26. The maximum atomic E-state index is 11.8. The maximum Gasteiger partial charge on any atom is 0.401 e. The van der Waals surface area contributed by atoms with E-state index in [2.05, 4.69) is 15.3 Å². The summed E-state index contributed by atoms with van der Waals surface area (Å²) in [4.78, 5) is 18.2. The molecule has 0 spiro atoms. The number of H-pyrrole nitrogens is 1. The molecular formula is C10H15F3N4O. The first kappa shape index (κ1) is 14.5. The number of nitrogens with one attached hydrogen (secondary N) is 3. The number of hydrogen-bond acceptors (Lipinski definition) is 3. The fourth-order valence-corrected chi connectivity index (χ4v) is 1.39. The Morgan fingerprint density at radius 1 is 1.56 bits per heavy atom. The highest BCUT2D eigenvalue weighted by atomic mass is 19.4. The number of aromatic nitrogens is 2. The minimum Gasteiger partial charge on any atom is -0.347 e. The summed E-state index contributed by atoms with van der Waals surface area (Å²) >= 11 is 0. The van der Waals surface area contributed by atoms with Crippen LogP contribution in [0, 0.1) is 0 Å². The molecular weight excluding hydrogens is 249 g/mol. The van der Waals surface area contributed by atoms with Crippen molar-refractivity contribution in [3.63, 3.8) is 0 Å². The molecule has 0 aliphatic heterocycles. The number of carbonyl (C=O) groups is 1. The third kappa shape index (κ3) is 5.17. The first-order chi connectivity index (χ1) is 8.42. The number of amides is 1. The van der Waals surface area contributed by atoms with Crippen molar-refractivity contribution in [3.05, 3.63) is 18.2 Å². The summed E-state index contributed by atoms with van der Waals surface area (Å²) in [5.41, 5.74) is 0. The van der Waals surface area contributed by atoms with Gasteiger partial charge in [-0.2, -0.15) is 13.2 Å². The largest absolute Gasteiger partial charge is 0.401 e. The molecule has 0 saturated carbocycles. The van der Waals surface area contributed by atoms with E-state index in [0.717, 1.165) is 0 Å². The summed E-state index contributed by atoms with van der Waals surface area (Å²) in [6, 6.07) is -0.319. The Bertz CT molecular complexity index is 364. The average Bonchev–Trinajstić information content (AvgIpc) is 2.77. The van der Waals surface area contributed by atoms with E-state index in [1.807, 2.05) is 12.2 Å². The van der Waals surface area contributed by atoms with E-state index in [1.165, 1.54) is 0 Å². The first-order valence-electron chi connectivity index (χ1n) is 5.48. The molecule has 0 saturated heterocycles. The molecule has 8 heteroatoms. The van der Waals surface area contributed by atoms with Crippen LogP contribution < -0.4 is 10.6 Å². The minimum absolute atomic E-state index is 0.319. The molecule has 0 radical (unpaired) electrons. The zero-order valence-electron chi connectivity index (χ0n) is 9.84. The molecule has 1 heterocycles. The monoisotopic (exact) mass is 264 g/mol. The lowest BCUT2D eigenvalue weighted by atomic mass is 10.2.